The Hall–Kier alpha value is -2.68. The van der Waals surface area contributed by atoms with Gasteiger partial charge in [0.1, 0.15) is 0 Å². The lowest BCUT2D eigenvalue weighted by atomic mass is 10.2. The van der Waals surface area contributed by atoms with Gasteiger partial charge in [0.25, 0.3) is 0 Å². The molecule has 0 saturated heterocycles. The molecule has 2 aromatic carbocycles. The molecular weight excluding hydrogens is 444 g/mol. The number of hydrogen-bond acceptors (Lipinski definition) is 7. The normalized spacial score (nSPS) is 12.4. The van der Waals surface area contributed by atoms with Gasteiger partial charge in [-0.25, -0.2) is 0 Å². The third-order valence-corrected chi connectivity index (χ3v) is 6.30. The molecule has 2 heterocycles. The van der Waals surface area contributed by atoms with Crippen molar-refractivity contribution in [2.45, 2.75) is 36.8 Å². The maximum atomic E-state index is 6.08. The van der Waals surface area contributed by atoms with Gasteiger partial charge in [-0.05, 0) is 38.2 Å². The molecule has 0 radical (unpaired) electrons. The van der Waals surface area contributed by atoms with E-state index in [1.54, 1.807) is 11.8 Å². The number of halogens is 1. The van der Waals surface area contributed by atoms with Crippen molar-refractivity contribution in [3.63, 3.8) is 0 Å². The highest BCUT2D eigenvalue weighted by Crippen LogP contribution is 2.28. The van der Waals surface area contributed by atoms with Gasteiger partial charge in [-0.15, -0.1) is 10.2 Å². The molecule has 1 unspecified atom stereocenters. The molecule has 0 spiro atoms. The predicted octanol–water partition coefficient (Wildman–Crippen LogP) is 5.33. The molecule has 0 N–H and O–H groups in total. The Morgan fingerprint density at radius 1 is 1.09 bits per heavy atom. The first-order chi connectivity index (χ1) is 15.5. The Bertz CT molecular complexity index is 1160. The molecule has 7 nitrogen and oxygen atoms in total. The lowest BCUT2D eigenvalue weighted by Crippen LogP contribution is -2.23. The van der Waals surface area contributed by atoms with E-state index in [9.17, 15) is 0 Å². The summed E-state index contributed by atoms with van der Waals surface area (Å²) in [5.41, 5.74) is 2.02. The Morgan fingerprint density at radius 2 is 1.91 bits per heavy atom. The van der Waals surface area contributed by atoms with Crippen molar-refractivity contribution in [3.8, 4) is 11.4 Å². The first kappa shape index (κ1) is 22.5. The minimum absolute atomic E-state index is 0.179. The van der Waals surface area contributed by atoms with Crippen LogP contribution in [0.25, 0.3) is 11.4 Å². The molecule has 32 heavy (non-hydrogen) atoms. The Labute approximate surface area is 196 Å². The highest BCUT2D eigenvalue weighted by atomic mass is 35.5. The van der Waals surface area contributed by atoms with Gasteiger partial charge in [-0.2, -0.15) is 4.98 Å². The standard InChI is InChI=1S/C23H25ClN6OS/c1-4-19(29(2)3)22-26-27-23(30(22)14-16-9-6-5-7-10-16)32-15-20-25-21(28-31-20)17-11-8-12-18(24)13-17/h5-13,19H,4,14-15H2,1-3H3. The van der Waals surface area contributed by atoms with Gasteiger partial charge < -0.3 is 9.09 Å². The summed E-state index contributed by atoms with van der Waals surface area (Å²) < 4.78 is 7.64. The topological polar surface area (TPSA) is 72.9 Å². The lowest BCUT2D eigenvalue weighted by Gasteiger charge is -2.23. The highest BCUT2D eigenvalue weighted by molar-refractivity contribution is 7.98. The first-order valence-electron chi connectivity index (χ1n) is 10.4. The fourth-order valence-corrected chi connectivity index (χ4v) is 4.50. The van der Waals surface area contributed by atoms with Crippen LogP contribution in [0.5, 0.6) is 0 Å². The molecule has 1 atom stereocenters. The summed E-state index contributed by atoms with van der Waals surface area (Å²) in [5.74, 6) is 2.50. The second-order valence-corrected chi connectivity index (χ2v) is 8.99. The summed E-state index contributed by atoms with van der Waals surface area (Å²) in [5, 5.41) is 14.6. The van der Waals surface area contributed by atoms with E-state index >= 15 is 0 Å². The Kier molecular flexibility index (Phi) is 7.24. The van der Waals surface area contributed by atoms with E-state index in [1.165, 1.54) is 5.56 Å². The average Bonchev–Trinajstić information content (AvgIpc) is 3.41. The molecule has 4 rings (SSSR count). The van der Waals surface area contributed by atoms with Crippen molar-refractivity contribution in [3.05, 3.63) is 76.9 Å². The maximum absolute atomic E-state index is 6.08. The minimum Gasteiger partial charge on any atom is -0.338 e. The van der Waals surface area contributed by atoms with Crippen molar-refractivity contribution < 1.29 is 4.52 Å². The number of hydrogen-bond donors (Lipinski definition) is 0. The molecule has 0 fully saturated rings. The number of rotatable bonds is 9. The van der Waals surface area contributed by atoms with Crippen molar-refractivity contribution in [2.24, 2.45) is 0 Å². The monoisotopic (exact) mass is 468 g/mol. The molecule has 2 aromatic heterocycles. The van der Waals surface area contributed by atoms with Gasteiger partial charge in [-0.3, -0.25) is 4.90 Å². The molecule has 0 aliphatic heterocycles. The summed E-state index contributed by atoms with van der Waals surface area (Å²) >= 11 is 7.62. The molecule has 0 aliphatic carbocycles. The highest BCUT2D eigenvalue weighted by Gasteiger charge is 2.22. The van der Waals surface area contributed by atoms with E-state index in [4.69, 9.17) is 16.1 Å². The van der Waals surface area contributed by atoms with Gasteiger partial charge in [-0.1, -0.05) is 77.9 Å². The van der Waals surface area contributed by atoms with E-state index in [-0.39, 0.29) is 6.04 Å². The predicted molar refractivity (Wildman–Crippen MR) is 127 cm³/mol. The molecule has 166 valence electrons. The maximum Gasteiger partial charge on any atom is 0.237 e. The zero-order chi connectivity index (χ0) is 22.5. The fraction of sp³-hybridized carbons (Fsp3) is 0.304. The summed E-state index contributed by atoms with van der Waals surface area (Å²) in [4.78, 5) is 6.69. The van der Waals surface area contributed by atoms with Crippen LogP contribution >= 0.6 is 23.4 Å². The lowest BCUT2D eigenvalue weighted by molar-refractivity contribution is 0.272. The van der Waals surface area contributed by atoms with Crippen LogP contribution in [-0.4, -0.2) is 43.9 Å². The van der Waals surface area contributed by atoms with Crippen LogP contribution in [-0.2, 0) is 12.3 Å². The second-order valence-electron chi connectivity index (χ2n) is 7.61. The van der Waals surface area contributed by atoms with E-state index in [0.29, 0.717) is 29.0 Å². The van der Waals surface area contributed by atoms with E-state index in [0.717, 1.165) is 23.0 Å². The zero-order valence-electron chi connectivity index (χ0n) is 18.3. The average molecular weight is 469 g/mol. The molecule has 0 bridgehead atoms. The SMILES string of the molecule is CCC(c1nnc(SCc2nc(-c3cccc(Cl)c3)no2)n1Cc1ccccc1)N(C)C. The van der Waals surface area contributed by atoms with E-state index < -0.39 is 0 Å². The second kappa shape index (κ2) is 10.3. The number of aromatic nitrogens is 5. The van der Waals surface area contributed by atoms with Crippen LogP contribution in [0.2, 0.25) is 5.02 Å². The minimum atomic E-state index is 0.179. The van der Waals surface area contributed by atoms with Crippen LogP contribution in [0, 0.1) is 0 Å². The first-order valence-corrected chi connectivity index (χ1v) is 11.8. The van der Waals surface area contributed by atoms with Gasteiger partial charge in [0.05, 0.1) is 18.3 Å². The van der Waals surface area contributed by atoms with Crippen molar-refractivity contribution in [1.82, 2.24) is 29.8 Å². The molecular formula is C23H25ClN6OS. The summed E-state index contributed by atoms with van der Waals surface area (Å²) in [6.07, 6.45) is 0.942. The quantitative estimate of drug-likeness (QED) is 0.307. The number of nitrogens with zero attached hydrogens (tertiary/aromatic N) is 6. The summed E-state index contributed by atoms with van der Waals surface area (Å²) in [7, 11) is 4.14. The van der Waals surface area contributed by atoms with Crippen LogP contribution in [0.1, 0.15) is 36.7 Å². The molecule has 0 aliphatic rings. The van der Waals surface area contributed by atoms with Crippen molar-refractivity contribution in [1.29, 1.82) is 0 Å². The smallest absolute Gasteiger partial charge is 0.237 e. The zero-order valence-corrected chi connectivity index (χ0v) is 19.8. The van der Waals surface area contributed by atoms with Crippen molar-refractivity contribution in [2.75, 3.05) is 14.1 Å². The van der Waals surface area contributed by atoms with Gasteiger partial charge in [0.2, 0.25) is 11.7 Å². The van der Waals surface area contributed by atoms with Crippen molar-refractivity contribution >= 4 is 23.4 Å². The van der Waals surface area contributed by atoms with Gasteiger partial charge in [0, 0.05) is 10.6 Å². The third-order valence-electron chi connectivity index (χ3n) is 5.11. The van der Waals surface area contributed by atoms with Crippen LogP contribution < -0.4 is 0 Å². The summed E-state index contributed by atoms with van der Waals surface area (Å²) in [6.45, 7) is 2.86. The van der Waals surface area contributed by atoms with Gasteiger partial charge in [0.15, 0.2) is 11.0 Å². The molecule has 0 saturated carbocycles. The fourth-order valence-electron chi connectivity index (χ4n) is 3.53. The number of benzene rings is 2. The Morgan fingerprint density at radius 3 is 2.62 bits per heavy atom. The molecule has 4 aromatic rings. The van der Waals surface area contributed by atoms with Crippen LogP contribution in [0.3, 0.4) is 0 Å². The molecule has 0 amide bonds. The van der Waals surface area contributed by atoms with Crippen LogP contribution in [0.15, 0.2) is 64.3 Å². The Balaban J connectivity index is 1.56. The summed E-state index contributed by atoms with van der Waals surface area (Å²) in [6, 6.07) is 17.9. The van der Waals surface area contributed by atoms with Crippen LogP contribution in [0.4, 0.5) is 0 Å². The largest absolute Gasteiger partial charge is 0.338 e. The van der Waals surface area contributed by atoms with E-state index in [2.05, 4.69) is 63.0 Å². The van der Waals surface area contributed by atoms with Gasteiger partial charge >= 0.3 is 0 Å². The third kappa shape index (κ3) is 5.20. The number of thioether (sulfide) groups is 1. The molecule has 9 heteroatoms. The van der Waals surface area contributed by atoms with E-state index in [1.807, 2.05) is 42.5 Å².